The second kappa shape index (κ2) is 5.51. The van der Waals surface area contributed by atoms with E-state index in [1.807, 2.05) is 12.1 Å². The molecule has 1 aliphatic heterocycles. The van der Waals surface area contributed by atoms with Crippen LogP contribution in [0.15, 0.2) is 30.5 Å². The molecule has 1 aromatic carbocycles. The maximum Gasteiger partial charge on any atom is 0.255 e. The molecule has 0 unspecified atom stereocenters. The van der Waals surface area contributed by atoms with E-state index in [9.17, 15) is 9.59 Å². The zero-order valence-corrected chi connectivity index (χ0v) is 12.1. The molecular weight excluding hydrogens is 284 g/mol. The van der Waals surface area contributed by atoms with Crippen molar-refractivity contribution in [2.75, 3.05) is 11.9 Å². The van der Waals surface area contributed by atoms with Gasteiger partial charge in [0, 0.05) is 24.9 Å². The normalized spacial score (nSPS) is 16.8. The molecule has 1 aromatic heterocycles. The molecule has 0 saturated carbocycles. The van der Waals surface area contributed by atoms with Crippen molar-refractivity contribution in [3.8, 4) is 5.75 Å². The molecule has 0 radical (unpaired) electrons. The van der Waals surface area contributed by atoms with E-state index in [2.05, 4.69) is 10.4 Å². The fraction of sp³-hybridized carbons (Fsp3) is 0.267. The first-order chi connectivity index (χ1) is 10.5. The van der Waals surface area contributed by atoms with E-state index < -0.39 is 5.91 Å². The van der Waals surface area contributed by atoms with Crippen LogP contribution in [0.5, 0.6) is 5.75 Å². The van der Waals surface area contributed by atoms with Crippen LogP contribution in [0.1, 0.15) is 23.5 Å². The van der Waals surface area contributed by atoms with E-state index in [0.717, 1.165) is 16.9 Å². The van der Waals surface area contributed by atoms with Crippen LogP contribution >= 0.6 is 0 Å². The van der Waals surface area contributed by atoms with Crippen molar-refractivity contribution < 1.29 is 14.3 Å². The van der Waals surface area contributed by atoms with Gasteiger partial charge in [0.15, 0.2) is 6.61 Å². The standard InChI is InChI=1S/C15H16N4O3/c1-19-15-12(7-17-19)11(6-14(21)18-15)9-2-4-10(5-3-9)22-8-13(16)20/h2-5,7,11H,6,8H2,1H3,(H2,16,20)(H,18,21)/t11-/m1/s1. The van der Waals surface area contributed by atoms with Crippen molar-refractivity contribution in [3.63, 3.8) is 0 Å². The summed E-state index contributed by atoms with van der Waals surface area (Å²) in [6.45, 7) is -0.155. The number of ether oxygens (including phenoxy) is 1. The van der Waals surface area contributed by atoms with Gasteiger partial charge in [0.1, 0.15) is 11.6 Å². The molecule has 114 valence electrons. The lowest BCUT2D eigenvalue weighted by atomic mass is 9.87. The van der Waals surface area contributed by atoms with Gasteiger partial charge in [-0.05, 0) is 17.7 Å². The minimum absolute atomic E-state index is 0.0323. The second-order valence-electron chi connectivity index (χ2n) is 5.20. The smallest absolute Gasteiger partial charge is 0.255 e. The summed E-state index contributed by atoms with van der Waals surface area (Å²) in [5.74, 6) is 0.704. The van der Waals surface area contributed by atoms with Crippen molar-refractivity contribution in [3.05, 3.63) is 41.6 Å². The Labute approximate surface area is 127 Å². The first-order valence-electron chi connectivity index (χ1n) is 6.87. The third kappa shape index (κ3) is 2.65. The number of hydrogen-bond acceptors (Lipinski definition) is 4. The van der Waals surface area contributed by atoms with Crippen molar-refractivity contribution in [2.24, 2.45) is 12.8 Å². The maximum atomic E-state index is 11.9. The molecule has 2 amide bonds. The monoisotopic (exact) mass is 300 g/mol. The Bertz CT molecular complexity index is 721. The number of aromatic nitrogens is 2. The molecule has 2 aromatic rings. The number of carbonyl (C=O) groups excluding carboxylic acids is 2. The number of nitrogens with one attached hydrogen (secondary N) is 1. The Hall–Kier alpha value is -2.83. The van der Waals surface area contributed by atoms with Gasteiger partial charge in [-0.2, -0.15) is 5.10 Å². The molecule has 0 saturated heterocycles. The van der Waals surface area contributed by atoms with Crippen LogP contribution in [0.25, 0.3) is 0 Å². The van der Waals surface area contributed by atoms with Gasteiger partial charge in [-0.3, -0.25) is 14.3 Å². The van der Waals surface area contributed by atoms with Gasteiger partial charge in [-0.1, -0.05) is 12.1 Å². The molecule has 1 aliphatic rings. The number of amides is 2. The van der Waals surface area contributed by atoms with Crippen molar-refractivity contribution in [1.29, 1.82) is 0 Å². The fourth-order valence-corrected chi connectivity index (χ4v) is 2.59. The Morgan fingerprint density at radius 2 is 2.18 bits per heavy atom. The topological polar surface area (TPSA) is 99.2 Å². The van der Waals surface area contributed by atoms with Crippen LogP contribution in [0.4, 0.5) is 5.82 Å². The van der Waals surface area contributed by atoms with E-state index in [-0.39, 0.29) is 18.4 Å². The molecule has 3 N–H and O–H groups in total. The predicted molar refractivity (Wildman–Crippen MR) is 79.4 cm³/mol. The average molecular weight is 300 g/mol. The maximum absolute atomic E-state index is 11.9. The number of primary amides is 1. The first kappa shape index (κ1) is 14.1. The summed E-state index contributed by atoms with van der Waals surface area (Å²) >= 11 is 0. The molecule has 7 heteroatoms. The van der Waals surface area contributed by atoms with Gasteiger partial charge in [0.2, 0.25) is 5.91 Å². The van der Waals surface area contributed by atoms with Crippen molar-refractivity contribution >= 4 is 17.6 Å². The molecular formula is C15H16N4O3. The van der Waals surface area contributed by atoms with Gasteiger partial charge in [-0.25, -0.2) is 0 Å². The highest BCUT2D eigenvalue weighted by Gasteiger charge is 2.29. The highest BCUT2D eigenvalue weighted by atomic mass is 16.5. The number of benzene rings is 1. The summed E-state index contributed by atoms with van der Waals surface area (Å²) in [7, 11) is 1.79. The summed E-state index contributed by atoms with van der Waals surface area (Å²) in [5.41, 5.74) is 7.03. The lowest BCUT2D eigenvalue weighted by Gasteiger charge is -2.23. The summed E-state index contributed by atoms with van der Waals surface area (Å²) < 4.78 is 6.89. The largest absolute Gasteiger partial charge is 0.484 e. The van der Waals surface area contributed by atoms with Gasteiger partial charge in [0.25, 0.3) is 5.91 Å². The van der Waals surface area contributed by atoms with Gasteiger partial charge in [-0.15, -0.1) is 0 Å². The Balaban J connectivity index is 1.85. The number of fused-ring (bicyclic) bond motifs is 1. The lowest BCUT2D eigenvalue weighted by molar-refractivity contribution is -0.120. The number of anilines is 1. The number of nitrogens with zero attached hydrogens (tertiary/aromatic N) is 2. The third-order valence-corrected chi connectivity index (χ3v) is 3.65. The number of carbonyl (C=O) groups is 2. The van der Waals surface area contributed by atoms with Gasteiger partial charge in [0.05, 0.1) is 6.20 Å². The molecule has 0 fully saturated rings. The van der Waals surface area contributed by atoms with Gasteiger partial charge >= 0.3 is 0 Å². The summed E-state index contributed by atoms with van der Waals surface area (Å²) in [6.07, 6.45) is 2.15. The third-order valence-electron chi connectivity index (χ3n) is 3.65. The van der Waals surface area contributed by atoms with E-state index in [1.165, 1.54) is 0 Å². The van der Waals surface area contributed by atoms with E-state index in [4.69, 9.17) is 10.5 Å². The molecule has 7 nitrogen and oxygen atoms in total. The van der Waals surface area contributed by atoms with Crippen molar-refractivity contribution in [1.82, 2.24) is 9.78 Å². The number of hydrogen-bond donors (Lipinski definition) is 2. The van der Waals surface area contributed by atoms with Crippen LogP contribution in [0.2, 0.25) is 0 Å². The molecule has 3 rings (SSSR count). The average Bonchev–Trinajstić information content (AvgIpc) is 2.86. The van der Waals surface area contributed by atoms with Crippen LogP contribution in [-0.4, -0.2) is 28.2 Å². The zero-order chi connectivity index (χ0) is 15.7. The van der Waals surface area contributed by atoms with Gasteiger partial charge < -0.3 is 15.8 Å². The van der Waals surface area contributed by atoms with E-state index >= 15 is 0 Å². The summed E-state index contributed by atoms with van der Waals surface area (Å²) in [5, 5.41) is 7.04. The zero-order valence-electron chi connectivity index (χ0n) is 12.1. The SMILES string of the molecule is Cn1ncc2c1NC(=O)C[C@@H]2c1ccc(OCC(N)=O)cc1. The second-order valence-corrected chi connectivity index (χ2v) is 5.20. The van der Waals surface area contributed by atoms with Crippen molar-refractivity contribution in [2.45, 2.75) is 12.3 Å². The fourth-order valence-electron chi connectivity index (χ4n) is 2.59. The van der Waals surface area contributed by atoms with Crippen LogP contribution in [0, 0.1) is 0 Å². The molecule has 22 heavy (non-hydrogen) atoms. The highest BCUT2D eigenvalue weighted by molar-refractivity contribution is 5.94. The lowest BCUT2D eigenvalue weighted by Crippen LogP contribution is -2.24. The highest BCUT2D eigenvalue weighted by Crippen LogP contribution is 2.37. The molecule has 0 aliphatic carbocycles. The summed E-state index contributed by atoms with van der Waals surface area (Å²) in [4.78, 5) is 22.6. The molecule has 0 bridgehead atoms. The van der Waals surface area contributed by atoms with Crippen LogP contribution in [0.3, 0.4) is 0 Å². The Kier molecular flexibility index (Phi) is 3.54. The molecule has 2 heterocycles. The number of aryl methyl sites for hydroxylation is 1. The minimum Gasteiger partial charge on any atom is -0.484 e. The Morgan fingerprint density at radius 3 is 2.86 bits per heavy atom. The minimum atomic E-state index is -0.520. The summed E-state index contributed by atoms with van der Waals surface area (Å²) in [6, 6.07) is 7.30. The number of rotatable bonds is 4. The van der Waals surface area contributed by atoms with Crippen LogP contribution < -0.4 is 15.8 Å². The molecule has 1 atom stereocenters. The Morgan fingerprint density at radius 1 is 1.45 bits per heavy atom. The quantitative estimate of drug-likeness (QED) is 0.870. The predicted octanol–water partition coefficient (Wildman–Crippen LogP) is 0.758. The first-order valence-corrected chi connectivity index (χ1v) is 6.87. The van der Waals surface area contributed by atoms with E-state index in [0.29, 0.717) is 12.2 Å². The van der Waals surface area contributed by atoms with Crippen LogP contribution in [-0.2, 0) is 16.6 Å². The number of nitrogens with two attached hydrogens (primary N) is 1. The van der Waals surface area contributed by atoms with E-state index in [1.54, 1.807) is 30.1 Å². The molecule has 0 spiro atoms.